The zero-order chi connectivity index (χ0) is 2.71. The number of rotatable bonds is 0. The first kappa shape index (κ1) is 8.82. The van der Waals surface area contributed by atoms with E-state index in [4.69, 9.17) is 0 Å². The van der Waals surface area contributed by atoms with E-state index < -0.39 is 0 Å². The third kappa shape index (κ3) is 17.8. The van der Waals surface area contributed by atoms with Crippen molar-refractivity contribution in [3.63, 3.8) is 0 Å². The predicted octanol–water partition coefficient (Wildman–Crippen LogP) is -0.526. The second-order valence-electron chi connectivity index (χ2n) is 0.204. The van der Waals surface area contributed by atoms with E-state index in [0.717, 1.165) is 25.8 Å². The Morgan fingerprint density at radius 2 is 1.75 bits per heavy atom. The average molecular weight is 252 g/mol. The predicted molar refractivity (Wildman–Crippen MR) is 19.6 cm³/mol. The zero-order valence-electron chi connectivity index (χ0n) is 2.28. The van der Waals surface area contributed by atoms with Crippen LogP contribution in [0.1, 0.15) is 0 Å². The van der Waals surface area contributed by atoms with Gasteiger partial charge >= 0.3 is 36.0 Å². The molecule has 4 heavy (non-hydrogen) atoms. The van der Waals surface area contributed by atoms with Gasteiger partial charge in [0.05, 0.1) is 0 Å². The van der Waals surface area contributed by atoms with E-state index in [-0.39, 0.29) is 5.48 Å². The summed E-state index contributed by atoms with van der Waals surface area (Å²) in [5.41, 5.74) is 0. The summed E-state index contributed by atoms with van der Waals surface area (Å²) in [6.07, 6.45) is 0. The van der Waals surface area contributed by atoms with Crippen molar-refractivity contribution in [2.75, 3.05) is 0 Å². The van der Waals surface area contributed by atoms with Crippen molar-refractivity contribution < 1.29 is 5.48 Å². The zero-order valence-corrected chi connectivity index (χ0v) is 6.17. The fraction of sp³-hybridized carbons (Fsp3) is 0. The van der Waals surface area contributed by atoms with Crippen LogP contribution < -0.4 is 0 Å². The van der Waals surface area contributed by atoms with Crippen molar-refractivity contribution in [3.8, 4) is 0 Å². The first-order valence-corrected chi connectivity index (χ1v) is 2.94. The number of hydrogen-bond acceptors (Lipinski definition) is 0. The Labute approximate surface area is 41.7 Å². The molecule has 0 atom stereocenters. The van der Waals surface area contributed by atoms with Crippen molar-refractivity contribution in [1.29, 1.82) is 0 Å². The second-order valence-corrected chi connectivity index (χ2v) is 1.79. The Morgan fingerprint density at radius 3 is 1.75 bits per heavy atom. The van der Waals surface area contributed by atoms with Crippen molar-refractivity contribution in [1.82, 2.24) is 0 Å². The summed E-state index contributed by atoms with van der Waals surface area (Å²) in [5, 5.41) is 0. The Kier molecular flexibility index (Phi) is 20.9. The molecule has 23 valence electrons. The molecule has 0 unspecified atom stereocenters. The molecule has 0 bridgehead atoms. The molecule has 0 aromatic carbocycles. The van der Waals surface area contributed by atoms with Crippen LogP contribution in [0.5, 0.6) is 0 Å². The summed E-state index contributed by atoms with van der Waals surface area (Å²) < 4.78 is 1.89. The van der Waals surface area contributed by atoms with E-state index >= 15 is 0 Å². The van der Waals surface area contributed by atoms with Crippen LogP contribution in [0, 0.1) is 0 Å². The molecule has 0 spiro atoms. The SMILES string of the molecule is C=[CH][Pb].O. The quantitative estimate of drug-likeness (QED) is 0.519. The Morgan fingerprint density at radius 1 is 1.75 bits per heavy atom. The van der Waals surface area contributed by atoms with Crippen LogP contribution in [0.25, 0.3) is 0 Å². The standard InChI is InChI=1S/C2H3.H2O.Pb/c1-2;;/h1H,2H2;1H2;. The van der Waals surface area contributed by atoms with Gasteiger partial charge in [0.1, 0.15) is 0 Å². The van der Waals surface area contributed by atoms with Crippen LogP contribution in [-0.2, 0) is 0 Å². The second kappa shape index (κ2) is 9.46. The molecule has 0 fully saturated rings. The molecule has 2 heteroatoms. The third-order valence-electron chi connectivity index (χ3n) is 0. The smallest absolute Gasteiger partial charge is 0.412 e. The largest absolute Gasteiger partial charge is 0.412 e. The van der Waals surface area contributed by atoms with Gasteiger partial charge < -0.3 is 5.48 Å². The Bertz CT molecular complexity index is 13.5. The number of hydrogen-bond donors (Lipinski definition) is 0. The molecule has 0 aromatic heterocycles. The average Bonchev–Trinajstić information content (AvgIpc) is 0.918. The summed E-state index contributed by atoms with van der Waals surface area (Å²) >= 11 is 1.13. The molecule has 1 nitrogen and oxygen atoms in total. The summed E-state index contributed by atoms with van der Waals surface area (Å²) in [6, 6.07) is 0. The molecule has 0 aliphatic heterocycles. The van der Waals surface area contributed by atoms with Gasteiger partial charge in [-0.05, 0) is 0 Å². The van der Waals surface area contributed by atoms with E-state index in [1.165, 1.54) is 0 Å². The van der Waals surface area contributed by atoms with Crippen LogP contribution in [0.4, 0.5) is 0 Å². The first-order valence-electron chi connectivity index (χ1n) is 0.697. The summed E-state index contributed by atoms with van der Waals surface area (Å²) in [5.74, 6) is 0. The van der Waals surface area contributed by atoms with Gasteiger partial charge in [-0.2, -0.15) is 0 Å². The summed E-state index contributed by atoms with van der Waals surface area (Å²) in [4.78, 5) is 0. The van der Waals surface area contributed by atoms with Crippen LogP contribution in [-0.4, -0.2) is 31.2 Å². The molecular weight excluding hydrogens is 247 g/mol. The maximum absolute atomic E-state index is 3.42. The van der Waals surface area contributed by atoms with Crippen LogP contribution >= 0.6 is 0 Å². The molecular formula is C2H5OPb. The maximum atomic E-state index is 3.42. The Balaban J connectivity index is 0. The van der Waals surface area contributed by atoms with Gasteiger partial charge in [-0.3, -0.25) is 0 Å². The van der Waals surface area contributed by atoms with Gasteiger partial charge in [-0.1, -0.05) is 0 Å². The normalized spacial score (nSPS) is 3.25. The monoisotopic (exact) mass is 253 g/mol. The minimum atomic E-state index is 0. The topological polar surface area (TPSA) is 31.5 Å². The molecule has 0 aliphatic rings. The molecule has 0 rings (SSSR count). The van der Waals surface area contributed by atoms with E-state index in [2.05, 4.69) is 6.58 Å². The van der Waals surface area contributed by atoms with E-state index in [1.807, 2.05) is 3.64 Å². The van der Waals surface area contributed by atoms with Gasteiger partial charge in [0.2, 0.25) is 0 Å². The van der Waals surface area contributed by atoms with Gasteiger partial charge in [0.15, 0.2) is 0 Å². The molecule has 0 saturated carbocycles. The summed E-state index contributed by atoms with van der Waals surface area (Å²) in [7, 11) is 0. The summed E-state index contributed by atoms with van der Waals surface area (Å²) in [6.45, 7) is 3.42. The van der Waals surface area contributed by atoms with Gasteiger partial charge in [0, 0.05) is 0 Å². The molecule has 0 aliphatic carbocycles. The van der Waals surface area contributed by atoms with Crippen LogP contribution in [0.3, 0.4) is 0 Å². The third-order valence-corrected chi connectivity index (χ3v) is 0. The first-order chi connectivity index (χ1) is 1.41. The molecule has 0 aromatic rings. The fourth-order valence-electron chi connectivity index (χ4n) is 0. The minimum absolute atomic E-state index is 0. The molecule has 0 amide bonds. The van der Waals surface area contributed by atoms with Crippen molar-refractivity contribution >= 4 is 25.8 Å². The maximum Gasteiger partial charge on any atom is -0.412 e. The van der Waals surface area contributed by atoms with Crippen molar-refractivity contribution in [2.45, 2.75) is 0 Å². The van der Waals surface area contributed by atoms with Crippen LogP contribution in [0.15, 0.2) is 10.2 Å². The molecule has 0 saturated heterocycles. The minimum Gasteiger partial charge on any atom is -0.412 e. The Hall–Kier alpha value is 0.622. The van der Waals surface area contributed by atoms with Crippen molar-refractivity contribution in [2.24, 2.45) is 0 Å². The fourth-order valence-corrected chi connectivity index (χ4v) is 0. The molecule has 2 N–H and O–H groups in total. The van der Waals surface area contributed by atoms with Crippen molar-refractivity contribution in [3.05, 3.63) is 10.2 Å². The van der Waals surface area contributed by atoms with E-state index in [1.54, 1.807) is 0 Å². The van der Waals surface area contributed by atoms with Crippen LogP contribution in [0.2, 0.25) is 0 Å². The molecule has 0 heterocycles. The van der Waals surface area contributed by atoms with Gasteiger partial charge in [0.25, 0.3) is 0 Å². The van der Waals surface area contributed by atoms with E-state index in [0.29, 0.717) is 0 Å². The van der Waals surface area contributed by atoms with Gasteiger partial charge in [-0.25, -0.2) is 0 Å². The van der Waals surface area contributed by atoms with E-state index in [9.17, 15) is 0 Å². The molecule has 3 radical (unpaired) electrons. The van der Waals surface area contributed by atoms with Gasteiger partial charge in [-0.15, -0.1) is 0 Å².